The van der Waals surface area contributed by atoms with E-state index < -0.39 is 5.97 Å². The fraction of sp³-hybridized carbons (Fsp3) is 0.462. The lowest BCUT2D eigenvalue weighted by atomic mass is 9.85. The molecule has 0 aliphatic heterocycles. The molecular formula is C13H14N2O2S. The summed E-state index contributed by atoms with van der Waals surface area (Å²) in [6.45, 7) is 2.06. The molecule has 0 unspecified atom stereocenters. The molecule has 1 aliphatic rings. The molecule has 2 aromatic rings. The molecule has 0 amide bonds. The standard InChI is InChI=1S/C13H14N2O2S/c1-2-8-6-9-10(13(16)17)14-11(7-4-3-5-7)15-12(9)18-8/h6-7H,2-5H2,1H3,(H,16,17). The molecule has 1 saturated carbocycles. The highest BCUT2D eigenvalue weighted by Crippen LogP contribution is 2.36. The van der Waals surface area contributed by atoms with E-state index in [2.05, 4.69) is 16.9 Å². The van der Waals surface area contributed by atoms with Crippen molar-refractivity contribution in [3.8, 4) is 0 Å². The third-order valence-electron chi connectivity index (χ3n) is 3.48. The Morgan fingerprint density at radius 2 is 2.28 bits per heavy atom. The predicted octanol–water partition coefficient (Wildman–Crippen LogP) is 3.22. The lowest BCUT2D eigenvalue weighted by molar-refractivity contribution is 0.0692. The maximum absolute atomic E-state index is 11.3. The zero-order valence-electron chi connectivity index (χ0n) is 10.1. The molecule has 94 valence electrons. The maximum Gasteiger partial charge on any atom is 0.355 e. The summed E-state index contributed by atoms with van der Waals surface area (Å²) < 4.78 is 0. The fourth-order valence-corrected chi connectivity index (χ4v) is 3.15. The number of hydrogen-bond acceptors (Lipinski definition) is 4. The third kappa shape index (κ3) is 1.79. The smallest absolute Gasteiger partial charge is 0.355 e. The van der Waals surface area contributed by atoms with Crippen molar-refractivity contribution in [3.63, 3.8) is 0 Å². The summed E-state index contributed by atoms with van der Waals surface area (Å²) in [6.07, 6.45) is 4.26. The Morgan fingerprint density at radius 1 is 1.50 bits per heavy atom. The molecule has 3 rings (SSSR count). The van der Waals surface area contributed by atoms with Crippen LogP contribution in [-0.2, 0) is 6.42 Å². The van der Waals surface area contributed by atoms with Crippen LogP contribution < -0.4 is 0 Å². The van der Waals surface area contributed by atoms with Gasteiger partial charge in [-0.15, -0.1) is 11.3 Å². The summed E-state index contributed by atoms with van der Waals surface area (Å²) in [4.78, 5) is 22.1. The number of hydrogen-bond donors (Lipinski definition) is 1. The molecule has 0 spiro atoms. The summed E-state index contributed by atoms with van der Waals surface area (Å²) in [5.41, 5.74) is 0.165. The Balaban J connectivity index is 2.19. The lowest BCUT2D eigenvalue weighted by Gasteiger charge is -2.23. The first kappa shape index (κ1) is 11.6. The zero-order chi connectivity index (χ0) is 12.7. The van der Waals surface area contributed by atoms with Gasteiger partial charge in [0.1, 0.15) is 10.7 Å². The molecule has 2 heterocycles. The molecule has 2 aromatic heterocycles. The molecule has 0 saturated heterocycles. The number of aryl methyl sites for hydroxylation is 1. The topological polar surface area (TPSA) is 63.1 Å². The van der Waals surface area contributed by atoms with Crippen LogP contribution in [0, 0.1) is 0 Å². The molecular weight excluding hydrogens is 248 g/mol. The highest BCUT2D eigenvalue weighted by Gasteiger charge is 2.25. The summed E-state index contributed by atoms with van der Waals surface area (Å²) >= 11 is 1.58. The Bertz CT molecular complexity index is 617. The predicted molar refractivity (Wildman–Crippen MR) is 70.3 cm³/mol. The summed E-state index contributed by atoms with van der Waals surface area (Å²) in [6, 6.07) is 1.91. The average molecular weight is 262 g/mol. The van der Waals surface area contributed by atoms with Crippen LogP contribution in [0.25, 0.3) is 10.2 Å². The van der Waals surface area contributed by atoms with Gasteiger partial charge in [0.25, 0.3) is 0 Å². The van der Waals surface area contributed by atoms with Gasteiger partial charge in [0.15, 0.2) is 5.69 Å². The first-order valence-electron chi connectivity index (χ1n) is 6.22. The van der Waals surface area contributed by atoms with Gasteiger partial charge in [0, 0.05) is 16.2 Å². The van der Waals surface area contributed by atoms with Gasteiger partial charge in [-0.05, 0) is 25.3 Å². The van der Waals surface area contributed by atoms with E-state index in [-0.39, 0.29) is 5.69 Å². The first-order chi connectivity index (χ1) is 8.69. The number of carbonyl (C=O) groups is 1. The number of aromatic carboxylic acids is 1. The number of carboxylic acid groups (broad SMARTS) is 1. The molecule has 5 heteroatoms. The molecule has 0 bridgehead atoms. The second-order valence-corrected chi connectivity index (χ2v) is 5.76. The van der Waals surface area contributed by atoms with Gasteiger partial charge in [-0.2, -0.15) is 0 Å². The molecule has 0 atom stereocenters. The van der Waals surface area contributed by atoms with E-state index in [0.29, 0.717) is 11.3 Å². The minimum absolute atomic E-state index is 0.165. The monoisotopic (exact) mass is 262 g/mol. The normalized spacial score (nSPS) is 15.8. The van der Waals surface area contributed by atoms with Crippen molar-refractivity contribution in [2.75, 3.05) is 0 Å². The van der Waals surface area contributed by atoms with E-state index in [4.69, 9.17) is 0 Å². The van der Waals surface area contributed by atoms with Gasteiger partial charge in [0.2, 0.25) is 0 Å². The van der Waals surface area contributed by atoms with Crippen LogP contribution in [0.5, 0.6) is 0 Å². The summed E-state index contributed by atoms with van der Waals surface area (Å²) in [5, 5.41) is 9.96. The molecule has 1 N–H and O–H groups in total. The van der Waals surface area contributed by atoms with Crippen LogP contribution in [0.4, 0.5) is 0 Å². The van der Waals surface area contributed by atoms with Crippen LogP contribution in [-0.4, -0.2) is 21.0 Å². The van der Waals surface area contributed by atoms with E-state index in [1.165, 1.54) is 6.42 Å². The van der Waals surface area contributed by atoms with Crippen molar-refractivity contribution in [1.29, 1.82) is 0 Å². The fourth-order valence-electron chi connectivity index (χ4n) is 2.17. The van der Waals surface area contributed by atoms with Crippen LogP contribution in [0.1, 0.15) is 53.3 Å². The highest BCUT2D eigenvalue weighted by molar-refractivity contribution is 7.18. The Kier molecular flexibility index (Phi) is 2.78. The summed E-state index contributed by atoms with van der Waals surface area (Å²) in [7, 11) is 0. The van der Waals surface area contributed by atoms with E-state index in [1.807, 2.05) is 6.07 Å². The van der Waals surface area contributed by atoms with Crippen molar-refractivity contribution in [1.82, 2.24) is 9.97 Å². The first-order valence-corrected chi connectivity index (χ1v) is 7.04. The van der Waals surface area contributed by atoms with Crippen molar-refractivity contribution in [2.45, 2.75) is 38.5 Å². The van der Waals surface area contributed by atoms with Crippen molar-refractivity contribution < 1.29 is 9.90 Å². The molecule has 0 radical (unpaired) electrons. The zero-order valence-corrected chi connectivity index (χ0v) is 11.0. The lowest BCUT2D eigenvalue weighted by Crippen LogP contribution is -2.15. The Morgan fingerprint density at radius 3 is 2.83 bits per heavy atom. The van der Waals surface area contributed by atoms with Crippen LogP contribution in [0.2, 0.25) is 0 Å². The van der Waals surface area contributed by atoms with E-state index >= 15 is 0 Å². The number of thiophene rings is 1. The molecule has 4 nitrogen and oxygen atoms in total. The SMILES string of the molecule is CCc1cc2c(C(=O)O)nc(C3CCC3)nc2s1. The number of rotatable bonds is 3. The molecule has 1 aliphatic carbocycles. The highest BCUT2D eigenvalue weighted by atomic mass is 32.1. The molecule has 0 aromatic carbocycles. The van der Waals surface area contributed by atoms with Crippen molar-refractivity contribution in [2.24, 2.45) is 0 Å². The van der Waals surface area contributed by atoms with Crippen LogP contribution in [0.15, 0.2) is 6.07 Å². The molecule has 1 fully saturated rings. The van der Waals surface area contributed by atoms with E-state index in [1.54, 1.807) is 11.3 Å². The summed E-state index contributed by atoms with van der Waals surface area (Å²) in [5.74, 6) is 0.124. The largest absolute Gasteiger partial charge is 0.476 e. The van der Waals surface area contributed by atoms with Crippen LogP contribution in [0.3, 0.4) is 0 Å². The second kappa shape index (κ2) is 4.31. The number of aromatic nitrogens is 2. The molecule has 18 heavy (non-hydrogen) atoms. The minimum atomic E-state index is -0.955. The quantitative estimate of drug-likeness (QED) is 0.922. The van der Waals surface area contributed by atoms with E-state index in [9.17, 15) is 9.90 Å². The van der Waals surface area contributed by atoms with Gasteiger partial charge in [-0.25, -0.2) is 14.8 Å². The van der Waals surface area contributed by atoms with Crippen LogP contribution >= 0.6 is 11.3 Å². The van der Waals surface area contributed by atoms with Gasteiger partial charge < -0.3 is 5.11 Å². The number of nitrogens with zero attached hydrogens (tertiary/aromatic N) is 2. The number of fused-ring (bicyclic) bond motifs is 1. The van der Waals surface area contributed by atoms with Gasteiger partial charge in [-0.1, -0.05) is 13.3 Å². The second-order valence-electron chi connectivity index (χ2n) is 4.65. The Hall–Kier alpha value is -1.49. The maximum atomic E-state index is 11.3. The number of carboxylic acids is 1. The Labute approximate surface area is 109 Å². The van der Waals surface area contributed by atoms with Gasteiger partial charge in [0.05, 0.1) is 0 Å². The van der Waals surface area contributed by atoms with Gasteiger partial charge >= 0.3 is 5.97 Å². The minimum Gasteiger partial charge on any atom is -0.476 e. The van der Waals surface area contributed by atoms with Crippen molar-refractivity contribution in [3.05, 3.63) is 22.5 Å². The van der Waals surface area contributed by atoms with Crippen molar-refractivity contribution >= 4 is 27.5 Å². The van der Waals surface area contributed by atoms with E-state index in [0.717, 1.165) is 34.8 Å². The van der Waals surface area contributed by atoms with Gasteiger partial charge in [-0.3, -0.25) is 0 Å². The third-order valence-corrected chi connectivity index (χ3v) is 4.66. The average Bonchev–Trinajstić information content (AvgIpc) is 2.68.